The number of pyridine rings is 1. The van der Waals surface area contributed by atoms with Crippen molar-refractivity contribution in [2.45, 2.75) is 32.9 Å². The number of hydrogen-bond acceptors (Lipinski definition) is 4. The summed E-state index contributed by atoms with van der Waals surface area (Å²) in [6.07, 6.45) is 0. The van der Waals surface area contributed by atoms with E-state index in [4.69, 9.17) is 11.6 Å². The fraction of sp³-hybridized carbons (Fsp3) is 0.360. The molecule has 4 rings (SSSR count). The minimum absolute atomic E-state index is 0.0875. The maximum Gasteiger partial charge on any atom is 0.338 e. The van der Waals surface area contributed by atoms with Crippen molar-refractivity contribution in [3.8, 4) is 5.69 Å². The van der Waals surface area contributed by atoms with Crippen molar-refractivity contribution in [2.24, 2.45) is 0 Å². The number of fused-ring (bicyclic) bond motifs is 1. The number of aromatic nitrogens is 1. The fourth-order valence-corrected chi connectivity index (χ4v) is 4.73. The summed E-state index contributed by atoms with van der Waals surface area (Å²) in [7, 11) is 0. The number of halogens is 1. The third kappa shape index (κ3) is 4.18. The Kier molecular flexibility index (Phi) is 6.12. The van der Waals surface area contributed by atoms with Gasteiger partial charge in [-0.3, -0.25) is 19.2 Å². The molecule has 32 heavy (non-hydrogen) atoms. The van der Waals surface area contributed by atoms with Gasteiger partial charge in [-0.2, -0.15) is 0 Å². The zero-order chi connectivity index (χ0) is 23.0. The van der Waals surface area contributed by atoms with E-state index in [9.17, 15) is 14.7 Å². The Morgan fingerprint density at radius 1 is 1.00 bits per heavy atom. The van der Waals surface area contributed by atoms with Gasteiger partial charge in [-0.15, -0.1) is 0 Å². The molecule has 1 saturated heterocycles. The second kappa shape index (κ2) is 8.70. The number of carbonyl (C=O) groups is 1. The second-order valence-electron chi connectivity index (χ2n) is 9.20. The van der Waals surface area contributed by atoms with Crippen molar-refractivity contribution >= 4 is 28.3 Å². The van der Waals surface area contributed by atoms with Gasteiger partial charge in [0.1, 0.15) is 0 Å². The minimum atomic E-state index is -1.06. The number of para-hydroxylation sites is 1. The van der Waals surface area contributed by atoms with Crippen LogP contribution in [0.15, 0.2) is 53.3 Å². The van der Waals surface area contributed by atoms with E-state index in [1.807, 2.05) is 30.3 Å². The van der Waals surface area contributed by atoms with Crippen molar-refractivity contribution in [1.29, 1.82) is 0 Å². The molecule has 0 bridgehead atoms. The topological polar surface area (TPSA) is 65.8 Å². The molecule has 1 aliphatic heterocycles. The van der Waals surface area contributed by atoms with Gasteiger partial charge in [-0.25, -0.2) is 4.79 Å². The van der Waals surface area contributed by atoms with Crippen molar-refractivity contribution in [3.63, 3.8) is 0 Å². The molecule has 0 spiro atoms. The van der Waals surface area contributed by atoms with Gasteiger partial charge in [-0.1, -0.05) is 41.9 Å². The lowest BCUT2D eigenvalue weighted by atomic mass is 10.0. The molecule has 1 aliphatic rings. The van der Waals surface area contributed by atoms with Gasteiger partial charge in [0, 0.05) is 49.3 Å². The standard InChI is InChI=1S/C25H28ClN3O3/c1-25(2,3)28-14-12-27(13-15-28)16-20-22(24(31)32)18-10-7-11-19(26)21(18)23(30)29(20)17-8-5-4-6-9-17/h4-11H,12-16H2,1-3H3,(H,31,32). The average molecular weight is 454 g/mol. The predicted molar refractivity (Wildman–Crippen MR) is 128 cm³/mol. The Bertz CT molecular complexity index is 1210. The van der Waals surface area contributed by atoms with E-state index in [1.54, 1.807) is 18.2 Å². The van der Waals surface area contributed by atoms with Crippen LogP contribution in [0.3, 0.4) is 0 Å². The van der Waals surface area contributed by atoms with Crippen LogP contribution in [0.1, 0.15) is 36.8 Å². The number of hydrogen-bond donors (Lipinski definition) is 1. The number of rotatable bonds is 4. The molecule has 0 aliphatic carbocycles. The first-order valence-corrected chi connectivity index (χ1v) is 11.2. The molecule has 168 valence electrons. The minimum Gasteiger partial charge on any atom is -0.478 e. The third-order valence-electron chi connectivity index (χ3n) is 6.18. The highest BCUT2D eigenvalue weighted by Crippen LogP contribution is 2.28. The number of benzene rings is 2. The summed E-state index contributed by atoms with van der Waals surface area (Å²) in [5.74, 6) is -1.06. The van der Waals surface area contributed by atoms with Gasteiger partial charge in [0.15, 0.2) is 0 Å². The summed E-state index contributed by atoms with van der Waals surface area (Å²) in [5.41, 5.74) is 1.02. The normalized spacial score (nSPS) is 15.9. The summed E-state index contributed by atoms with van der Waals surface area (Å²) in [5, 5.41) is 11.1. The van der Waals surface area contributed by atoms with E-state index < -0.39 is 5.97 Å². The van der Waals surface area contributed by atoms with Crippen LogP contribution in [0.25, 0.3) is 16.5 Å². The first-order valence-electron chi connectivity index (χ1n) is 10.8. The van der Waals surface area contributed by atoms with E-state index in [2.05, 4.69) is 30.6 Å². The van der Waals surface area contributed by atoms with Crippen molar-refractivity contribution in [1.82, 2.24) is 14.4 Å². The molecule has 0 saturated carbocycles. The Balaban J connectivity index is 1.88. The molecule has 0 radical (unpaired) electrons. The van der Waals surface area contributed by atoms with Crippen LogP contribution < -0.4 is 5.56 Å². The zero-order valence-corrected chi connectivity index (χ0v) is 19.4. The van der Waals surface area contributed by atoms with Crippen molar-refractivity contribution < 1.29 is 9.90 Å². The third-order valence-corrected chi connectivity index (χ3v) is 6.50. The molecule has 2 aromatic carbocycles. The molecule has 6 nitrogen and oxygen atoms in total. The summed E-state index contributed by atoms with van der Waals surface area (Å²) >= 11 is 6.38. The molecule has 7 heteroatoms. The first kappa shape index (κ1) is 22.5. The molecule has 0 atom stereocenters. The SMILES string of the molecule is CC(C)(C)N1CCN(Cc2c(C(=O)O)c3cccc(Cl)c3c(=O)n2-c2ccccc2)CC1. The molecule has 0 amide bonds. The van der Waals surface area contributed by atoms with Gasteiger partial charge < -0.3 is 5.11 Å². The first-order chi connectivity index (χ1) is 15.2. The highest BCUT2D eigenvalue weighted by Gasteiger charge is 2.29. The van der Waals surface area contributed by atoms with Gasteiger partial charge in [0.25, 0.3) is 5.56 Å². The molecule has 1 aromatic heterocycles. The van der Waals surface area contributed by atoms with Crippen LogP contribution >= 0.6 is 11.6 Å². The largest absolute Gasteiger partial charge is 0.478 e. The van der Waals surface area contributed by atoms with Crippen molar-refractivity contribution in [2.75, 3.05) is 26.2 Å². The molecular formula is C25H28ClN3O3. The van der Waals surface area contributed by atoms with Gasteiger partial charge in [0.05, 0.1) is 21.7 Å². The van der Waals surface area contributed by atoms with Crippen LogP contribution in [0.4, 0.5) is 0 Å². The number of aromatic carboxylic acids is 1. The van der Waals surface area contributed by atoms with Crippen LogP contribution in [-0.2, 0) is 6.54 Å². The fourth-order valence-electron chi connectivity index (χ4n) is 4.48. The summed E-state index contributed by atoms with van der Waals surface area (Å²) in [6, 6.07) is 14.2. The summed E-state index contributed by atoms with van der Waals surface area (Å²) in [6.45, 7) is 10.3. The average Bonchev–Trinajstić information content (AvgIpc) is 2.74. The lowest BCUT2D eigenvalue weighted by Gasteiger charge is -2.42. The van der Waals surface area contributed by atoms with Crippen LogP contribution in [0.5, 0.6) is 0 Å². The molecule has 2 heterocycles. The van der Waals surface area contributed by atoms with E-state index >= 15 is 0 Å². The summed E-state index contributed by atoms with van der Waals surface area (Å²) < 4.78 is 1.52. The van der Waals surface area contributed by atoms with E-state index in [0.29, 0.717) is 23.3 Å². The van der Waals surface area contributed by atoms with Crippen LogP contribution in [0.2, 0.25) is 5.02 Å². The van der Waals surface area contributed by atoms with Crippen LogP contribution in [-0.4, -0.2) is 57.2 Å². The van der Waals surface area contributed by atoms with Gasteiger partial charge >= 0.3 is 5.97 Å². The van der Waals surface area contributed by atoms with E-state index in [0.717, 1.165) is 26.2 Å². The van der Waals surface area contributed by atoms with Crippen LogP contribution in [0, 0.1) is 0 Å². The molecule has 3 aromatic rings. The molecule has 0 unspecified atom stereocenters. The highest BCUT2D eigenvalue weighted by atomic mass is 35.5. The Morgan fingerprint density at radius 2 is 1.66 bits per heavy atom. The quantitative estimate of drug-likeness (QED) is 0.639. The van der Waals surface area contributed by atoms with Crippen molar-refractivity contribution in [3.05, 3.63) is 75.2 Å². The smallest absolute Gasteiger partial charge is 0.338 e. The Hall–Kier alpha value is -2.67. The monoisotopic (exact) mass is 453 g/mol. The maximum absolute atomic E-state index is 13.6. The predicted octanol–water partition coefficient (Wildman–Crippen LogP) is 4.26. The second-order valence-corrected chi connectivity index (χ2v) is 9.61. The Labute approximate surface area is 192 Å². The zero-order valence-electron chi connectivity index (χ0n) is 18.6. The number of nitrogens with zero attached hydrogens (tertiary/aromatic N) is 3. The number of carboxylic acids is 1. The maximum atomic E-state index is 13.6. The van der Waals surface area contributed by atoms with Gasteiger partial charge in [0.2, 0.25) is 0 Å². The highest BCUT2D eigenvalue weighted by molar-refractivity contribution is 6.35. The summed E-state index contributed by atoms with van der Waals surface area (Å²) in [4.78, 5) is 30.8. The lowest BCUT2D eigenvalue weighted by Crippen LogP contribution is -2.53. The molecule has 1 fully saturated rings. The van der Waals surface area contributed by atoms with E-state index in [-0.39, 0.29) is 27.1 Å². The number of carboxylic acid groups (broad SMARTS) is 1. The Morgan fingerprint density at radius 3 is 2.25 bits per heavy atom. The van der Waals surface area contributed by atoms with E-state index in [1.165, 1.54) is 4.57 Å². The number of piperazine rings is 1. The molecule has 1 N–H and O–H groups in total. The van der Waals surface area contributed by atoms with Gasteiger partial charge in [-0.05, 0) is 39.0 Å². The molecular weight excluding hydrogens is 426 g/mol. The lowest BCUT2D eigenvalue weighted by molar-refractivity contribution is 0.0575.